The Morgan fingerprint density at radius 1 is 1.28 bits per heavy atom. The summed E-state index contributed by atoms with van der Waals surface area (Å²) in [6, 6.07) is 9.31. The predicted molar refractivity (Wildman–Crippen MR) is 110 cm³/mol. The molecule has 1 amide bonds. The van der Waals surface area contributed by atoms with Gasteiger partial charge in [0.2, 0.25) is 5.91 Å². The van der Waals surface area contributed by atoms with E-state index in [-0.39, 0.29) is 12.3 Å². The molecule has 0 bridgehead atoms. The molecule has 0 aliphatic carbocycles. The lowest BCUT2D eigenvalue weighted by Gasteiger charge is -1.99. The molecule has 4 heterocycles. The lowest BCUT2D eigenvalue weighted by molar-refractivity contribution is -0.115. The Hall–Kier alpha value is -3.72. The third-order valence-corrected chi connectivity index (χ3v) is 5.23. The number of aromatic nitrogens is 4. The molecule has 0 aliphatic rings. The average molecular weight is 405 g/mol. The molecule has 0 radical (unpaired) electrons. The maximum atomic E-state index is 12.4. The van der Waals surface area contributed by atoms with Gasteiger partial charge in [0.15, 0.2) is 10.7 Å². The number of carbonyl (C=O) groups is 1. The van der Waals surface area contributed by atoms with Gasteiger partial charge >= 0.3 is 5.76 Å². The number of imidazole rings is 1. The highest BCUT2D eigenvalue weighted by Crippen LogP contribution is 2.27. The van der Waals surface area contributed by atoms with Crippen molar-refractivity contribution in [1.29, 1.82) is 0 Å². The van der Waals surface area contributed by atoms with Gasteiger partial charge < -0.3 is 14.1 Å². The molecule has 5 rings (SSSR count). The standard InChI is InChI=1S/C20H15N5O3S/c1-11-4-5-25-9-13(21-17(25)6-11)8-18(26)24-19-22-15(10-29-19)12-2-3-14-16(7-12)28-20(27)23-14/h2-7,9-10H,8H2,1H3,(H,23,27)(H,22,24,26). The largest absolute Gasteiger partial charge is 0.417 e. The second-order valence-electron chi connectivity index (χ2n) is 6.69. The first-order valence-corrected chi connectivity index (χ1v) is 9.74. The van der Waals surface area contributed by atoms with Crippen molar-refractivity contribution < 1.29 is 9.21 Å². The number of H-pyrrole nitrogens is 1. The topological polar surface area (TPSA) is 105 Å². The number of benzene rings is 1. The van der Waals surface area contributed by atoms with Crippen LogP contribution in [0.1, 0.15) is 11.3 Å². The number of aryl methyl sites for hydroxylation is 1. The predicted octanol–water partition coefficient (Wildman–Crippen LogP) is 3.38. The number of hydrogen-bond donors (Lipinski definition) is 2. The molecule has 0 fully saturated rings. The minimum atomic E-state index is -0.495. The molecule has 0 unspecified atom stereocenters. The SMILES string of the molecule is Cc1ccn2cc(CC(=O)Nc3nc(-c4ccc5[nH]c(=O)oc5c4)cs3)nc2c1. The van der Waals surface area contributed by atoms with E-state index in [1.165, 1.54) is 11.3 Å². The Labute approximate surface area is 167 Å². The van der Waals surface area contributed by atoms with Crippen LogP contribution in [-0.4, -0.2) is 25.3 Å². The van der Waals surface area contributed by atoms with Gasteiger partial charge in [-0.1, -0.05) is 6.07 Å². The number of oxazole rings is 1. The quantitative estimate of drug-likeness (QED) is 0.477. The van der Waals surface area contributed by atoms with Crippen LogP contribution in [0, 0.1) is 6.92 Å². The summed E-state index contributed by atoms with van der Waals surface area (Å²) in [5.41, 5.74) is 5.21. The number of hydrogen-bond acceptors (Lipinski definition) is 6. The number of amides is 1. The Kier molecular flexibility index (Phi) is 4.02. The van der Waals surface area contributed by atoms with Crippen LogP contribution in [-0.2, 0) is 11.2 Å². The first-order chi connectivity index (χ1) is 14.0. The van der Waals surface area contributed by atoms with Crippen molar-refractivity contribution in [3.05, 3.63) is 69.9 Å². The molecule has 144 valence electrons. The van der Waals surface area contributed by atoms with Crippen molar-refractivity contribution >= 4 is 39.1 Å². The zero-order chi connectivity index (χ0) is 20.0. The smallest absolute Gasteiger partial charge is 0.408 e. The van der Waals surface area contributed by atoms with Crippen LogP contribution in [0.3, 0.4) is 0 Å². The molecule has 4 aromatic heterocycles. The number of rotatable bonds is 4. The summed E-state index contributed by atoms with van der Waals surface area (Å²) in [5.74, 6) is -0.677. The van der Waals surface area contributed by atoms with Crippen LogP contribution in [0.15, 0.2) is 57.3 Å². The molecule has 0 atom stereocenters. The van der Waals surface area contributed by atoms with Crippen LogP contribution in [0.25, 0.3) is 28.0 Å². The van der Waals surface area contributed by atoms with Crippen molar-refractivity contribution in [1.82, 2.24) is 19.4 Å². The third kappa shape index (κ3) is 3.43. The van der Waals surface area contributed by atoms with E-state index >= 15 is 0 Å². The monoisotopic (exact) mass is 405 g/mol. The summed E-state index contributed by atoms with van der Waals surface area (Å²) in [5, 5.41) is 5.16. The van der Waals surface area contributed by atoms with Gasteiger partial charge in [-0.05, 0) is 36.8 Å². The maximum Gasteiger partial charge on any atom is 0.417 e. The van der Waals surface area contributed by atoms with E-state index in [4.69, 9.17) is 4.42 Å². The Morgan fingerprint density at radius 3 is 3.07 bits per heavy atom. The molecule has 2 N–H and O–H groups in total. The van der Waals surface area contributed by atoms with Crippen molar-refractivity contribution in [2.45, 2.75) is 13.3 Å². The molecular formula is C20H15N5O3S. The highest BCUT2D eigenvalue weighted by Gasteiger charge is 2.12. The zero-order valence-electron chi connectivity index (χ0n) is 15.3. The van der Waals surface area contributed by atoms with Crippen molar-refractivity contribution in [2.24, 2.45) is 0 Å². The van der Waals surface area contributed by atoms with Gasteiger partial charge in [0.25, 0.3) is 0 Å². The molecule has 1 aromatic carbocycles. The Bertz CT molecular complexity index is 1420. The number of nitrogens with one attached hydrogen (secondary N) is 2. The molecule has 29 heavy (non-hydrogen) atoms. The summed E-state index contributed by atoms with van der Waals surface area (Å²) < 4.78 is 6.98. The molecule has 5 aromatic rings. The second-order valence-corrected chi connectivity index (χ2v) is 7.55. The number of aromatic amines is 1. The van der Waals surface area contributed by atoms with Gasteiger partial charge in [-0.15, -0.1) is 11.3 Å². The van der Waals surface area contributed by atoms with E-state index < -0.39 is 5.76 Å². The third-order valence-electron chi connectivity index (χ3n) is 4.47. The van der Waals surface area contributed by atoms with Crippen LogP contribution < -0.4 is 11.1 Å². The second kappa shape index (κ2) is 6.71. The molecular weight excluding hydrogens is 390 g/mol. The highest BCUT2D eigenvalue weighted by atomic mass is 32.1. The highest BCUT2D eigenvalue weighted by molar-refractivity contribution is 7.14. The number of pyridine rings is 1. The van der Waals surface area contributed by atoms with E-state index in [1.54, 1.807) is 12.1 Å². The summed E-state index contributed by atoms with van der Waals surface area (Å²) in [4.78, 5) is 35.2. The summed E-state index contributed by atoms with van der Waals surface area (Å²) in [7, 11) is 0. The van der Waals surface area contributed by atoms with Crippen molar-refractivity contribution in [3.63, 3.8) is 0 Å². The van der Waals surface area contributed by atoms with Crippen LogP contribution >= 0.6 is 11.3 Å². The summed E-state index contributed by atoms with van der Waals surface area (Å²) in [6.45, 7) is 2.00. The van der Waals surface area contributed by atoms with Gasteiger partial charge in [-0.25, -0.2) is 14.8 Å². The van der Waals surface area contributed by atoms with Gasteiger partial charge in [0, 0.05) is 23.3 Å². The normalized spacial score (nSPS) is 11.3. The van der Waals surface area contributed by atoms with E-state index in [0.717, 1.165) is 16.8 Å². The first-order valence-electron chi connectivity index (χ1n) is 8.86. The summed E-state index contributed by atoms with van der Waals surface area (Å²) >= 11 is 1.33. The number of anilines is 1. The van der Waals surface area contributed by atoms with Crippen LogP contribution in [0.5, 0.6) is 0 Å². The number of thiazole rings is 1. The van der Waals surface area contributed by atoms with Crippen LogP contribution in [0.2, 0.25) is 0 Å². The van der Waals surface area contributed by atoms with Gasteiger partial charge in [0.1, 0.15) is 5.65 Å². The fourth-order valence-corrected chi connectivity index (χ4v) is 3.85. The molecule has 0 saturated carbocycles. The minimum Gasteiger partial charge on any atom is -0.408 e. The minimum absolute atomic E-state index is 0.163. The van der Waals surface area contributed by atoms with Crippen LogP contribution in [0.4, 0.5) is 5.13 Å². The molecule has 9 heteroatoms. The van der Waals surface area contributed by atoms with Gasteiger partial charge in [-0.2, -0.15) is 0 Å². The Morgan fingerprint density at radius 2 is 2.17 bits per heavy atom. The van der Waals surface area contributed by atoms with Crippen molar-refractivity contribution in [3.8, 4) is 11.3 Å². The maximum absolute atomic E-state index is 12.4. The van der Waals surface area contributed by atoms with Crippen molar-refractivity contribution in [2.75, 3.05) is 5.32 Å². The number of carbonyl (C=O) groups excluding carboxylic acids is 1. The van der Waals surface area contributed by atoms with Gasteiger partial charge in [0.05, 0.1) is 23.3 Å². The molecule has 0 saturated heterocycles. The molecule has 0 aliphatic heterocycles. The first kappa shape index (κ1) is 17.4. The fourth-order valence-electron chi connectivity index (χ4n) is 3.12. The van der Waals surface area contributed by atoms with E-state index in [9.17, 15) is 9.59 Å². The molecule has 8 nitrogen and oxygen atoms in total. The zero-order valence-corrected chi connectivity index (χ0v) is 16.1. The van der Waals surface area contributed by atoms with E-state index in [1.807, 2.05) is 47.3 Å². The number of nitrogens with zero attached hydrogens (tertiary/aromatic N) is 3. The summed E-state index contributed by atoms with van der Waals surface area (Å²) in [6.07, 6.45) is 3.94. The fraction of sp³-hybridized carbons (Fsp3) is 0.100. The van der Waals surface area contributed by atoms with E-state index in [2.05, 4.69) is 20.3 Å². The van der Waals surface area contributed by atoms with Gasteiger partial charge in [-0.3, -0.25) is 9.78 Å². The number of fused-ring (bicyclic) bond motifs is 2. The molecule has 0 spiro atoms. The van der Waals surface area contributed by atoms with E-state index in [0.29, 0.717) is 27.6 Å². The lowest BCUT2D eigenvalue weighted by Crippen LogP contribution is -2.14. The average Bonchev–Trinajstić information content (AvgIpc) is 3.37. The Balaban J connectivity index is 1.31. The lowest BCUT2D eigenvalue weighted by atomic mass is 10.1.